The van der Waals surface area contributed by atoms with Crippen LogP contribution in [-0.4, -0.2) is 59.6 Å². The van der Waals surface area contributed by atoms with Crippen LogP contribution in [0.3, 0.4) is 0 Å². The van der Waals surface area contributed by atoms with Gasteiger partial charge in [0.05, 0.1) is 6.10 Å². The van der Waals surface area contributed by atoms with Gasteiger partial charge < -0.3 is 14.9 Å². The first-order chi connectivity index (χ1) is 8.17. The van der Waals surface area contributed by atoms with Crippen molar-refractivity contribution in [3.63, 3.8) is 0 Å². The molecule has 1 heterocycles. The van der Waals surface area contributed by atoms with Gasteiger partial charge in [-0.3, -0.25) is 4.79 Å². The molecule has 0 radical (unpaired) electrons. The van der Waals surface area contributed by atoms with E-state index in [0.717, 1.165) is 52.0 Å². The fourth-order valence-corrected chi connectivity index (χ4v) is 2.42. The van der Waals surface area contributed by atoms with Gasteiger partial charge >= 0.3 is 0 Å². The molecule has 0 spiro atoms. The highest BCUT2D eigenvalue weighted by Gasteiger charge is 2.17. The zero-order chi connectivity index (χ0) is 12.7. The Hall–Kier alpha value is -0.610. The summed E-state index contributed by atoms with van der Waals surface area (Å²) in [6.45, 7) is 8.42. The average molecular weight is 242 g/mol. The molecule has 1 aliphatic rings. The van der Waals surface area contributed by atoms with Gasteiger partial charge in [-0.25, -0.2) is 0 Å². The lowest BCUT2D eigenvalue weighted by molar-refractivity contribution is -0.131. The molecule has 1 saturated heterocycles. The van der Waals surface area contributed by atoms with Gasteiger partial charge in [0.15, 0.2) is 0 Å². The van der Waals surface area contributed by atoms with Gasteiger partial charge in [0.2, 0.25) is 5.91 Å². The van der Waals surface area contributed by atoms with Gasteiger partial charge in [0.1, 0.15) is 0 Å². The summed E-state index contributed by atoms with van der Waals surface area (Å²) in [4.78, 5) is 15.9. The lowest BCUT2D eigenvalue weighted by Gasteiger charge is -2.30. The largest absolute Gasteiger partial charge is 0.392 e. The third-order valence-corrected chi connectivity index (χ3v) is 3.46. The van der Waals surface area contributed by atoms with E-state index >= 15 is 0 Å². The Morgan fingerprint density at radius 1 is 1.41 bits per heavy atom. The highest BCUT2D eigenvalue weighted by atomic mass is 16.3. The van der Waals surface area contributed by atoms with Crippen molar-refractivity contribution >= 4 is 5.91 Å². The number of nitrogens with zero attached hydrogens (tertiary/aromatic N) is 2. The van der Waals surface area contributed by atoms with Crippen LogP contribution in [0, 0.1) is 0 Å². The summed E-state index contributed by atoms with van der Waals surface area (Å²) in [6, 6.07) is 0. The van der Waals surface area contributed by atoms with Gasteiger partial charge in [-0.2, -0.15) is 0 Å². The molecule has 0 aliphatic carbocycles. The van der Waals surface area contributed by atoms with E-state index in [1.54, 1.807) is 0 Å². The Balaban J connectivity index is 2.16. The monoisotopic (exact) mass is 242 g/mol. The second-order valence-electron chi connectivity index (χ2n) is 4.77. The number of hydrogen-bond donors (Lipinski definition) is 1. The summed E-state index contributed by atoms with van der Waals surface area (Å²) in [6.07, 6.45) is 3.37. The van der Waals surface area contributed by atoms with Gasteiger partial charge in [-0.1, -0.05) is 0 Å². The quantitative estimate of drug-likeness (QED) is 0.758. The van der Waals surface area contributed by atoms with Crippen LogP contribution in [0.5, 0.6) is 0 Å². The average Bonchev–Trinajstić information content (AvgIpc) is 2.30. The van der Waals surface area contributed by atoms with Crippen molar-refractivity contribution in [2.24, 2.45) is 0 Å². The molecular formula is C13H26N2O2. The first kappa shape index (κ1) is 14.5. The number of β-amino-alcohol motifs (C(OH)–C–C–N with tert-alkyl or cyclic N) is 1. The van der Waals surface area contributed by atoms with Crippen molar-refractivity contribution in [1.29, 1.82) is 0 Å². The number of hydrogen-bond acceptors (Lipinski definition) is 3. The number of aliphatic hydroxyl groups is 1. The Labute approximate surface area is 105 Å². The molecule has 0 aromatic carbocycles. The van der Waals surface area contributed by atoms with Crippen LogP contribution in [0.2, 0.25) is 0 Å². The van der Waals surface area contributed by atoms with E-state index in [2.05, 4.69) is 4.90 Å². The zero-order valence-corrected chi connectivity index (χ0v) is 11.2. The maximum atomic E-state index is 11.8. The van der Waals surface area contributed by atoms with E-state index in [4.69, 9.17) is 0 Å². The minimum atomic E-state index is -0.165. The first-order valence-electron chi connectivity index (χ1n) is 6.85. The summed E-state index contributed by atoms with van der Waals surface area (Å²) in [7, 11) is 0. The van der Waals surface area contributed by atoms with Crippen molar-refractivity contribution < 1.29 is 9.90 Å². The summed E-state index contributed by atoms with van der Waals surface area (Å²) < 4.78 is 0. The summed E-state index contributed by atoms with van der Waals surface area (Å²) >= 11 is 0. The number of piperidine rings is 1. The van der Waals surface area contributed by atoms with E-state index in [0.29, 0.717) is 6.42 Å². The summed E-state index contributed by atoms with van der Waals surface area (Å²) in [5.74, 6) is 0.257. The van der Waals surface area contributed by atoms with Crippen LogP contribution in [0.4, 0.5) is 0 Å². The normalized spacial score (nSPS) is 21.5. The van der Waals surface area contributed by atoms with Crippen molar-refractivity contribution in [3.05, 3.63) is 0 Å². The summed E-state index contributed by atoms with van der Waals surface area (Å²) in [5.41, 5.74) is 0. The summed E-state index contributed by atoms with van der Waals surface area (Å²) in [5, 5.41) is 9.54. The SMILES string of the molecule is CCN(CC)C(=O)CCCN1CCC[C@H](O)C1. The second kappa shape index (κ2) is 7.67. The lowest BCUT2D eigenvalue weighted by atomic mass is 10.1. The van der Waals surface area contributed by atoms with Gasteiger partial charge in [0.25, 0.3) is 0 Å². The van der Waals surface area contributed by atoms with Crippen LogP contribution < -0.4 is 0 Å². The third-order valence-electron chi connectivity index (χ3n) is 3.46. The first-order valence-corrected chi connectivity index (χ1v) is 6.85. The number of carbonyl (C=O) groups is 1. The van der Waals surface area contributed by atoms with Gasteiger partial charge in [0, 0.05) is 26.1 Å². The molecular weight excluding hydrogens is 216 g/mol. The molecule has 1 rings (SSSR count). The molecule has 1 aliphatic heterocycles. The van der Waals surface area contributed by atoms with Crippen molar-refractivity contribution in [2.75, 3.05) is 32.7 Å². The van der Waals surface area contributed by atoms with Gasteiger partial charge in [-0.15, -0.1) is 0 Å². The maximum Gasteiger partial charge on any atom is 0.222 e. The Morgan fingerprint density at radius 2 is 2.12 bits per heavy atom. The highest BCUT2D eigenvalue weighted by Crippen LogP contribution is 2.10. The highest BCUT2D eigenvalue weighted by molar-refractivity contribution is 5.76. The van der Waals surface area contributed by atoms with Gasteiger partial charge in [-0.05, 0) is 46.2 Å². The zero-order valence-electron chi connectivity index (χ0n) is 11.2. The fraction of sp³-hybridized carbons (Fsp3) is 0.923. The molecule has 0 saturated carbocycles. The molecule has 4 heteroatoms. The number of carbonyl (C=O) groups excluding carboxylic acids is 1. The molecule has 0 aromatic heterocycles. The molecule has 0 bridgehead atoms. The third kappa shape index (κ3) is 5.04. The molecule has 17 heavy (non-hydrogen) atoms. The minimum Gasteiger partial charge on any atom is -0.392 e. The molecule has 1 atom stereocenters. The molecule has 1 fully saturated rings. The standard InChI is InChI=1S/C13H26N2O2/c1-3-15(4-2)13(17)8-6-10-14-9-5-7-12(16)11-14/h12,16H,3-11H2,1-2H3/t12-/m0/s1. The second-order valence-corrected chi connectivity index (χ2v) is 4.77. The fourth-order valence-electron chi connectivity index (χ4n) is 2.42. The number of rotatable bonds is 6. The van der Waals surface area contributed by atoms with Crippen LogP contribution in [0.1, 0.15) is 39.5 Å². The maximum absolute atomic E-state index is 11.8. The van der Waals surface area contributed by atoms with Crippen LogP contribution in [0.25, 0.3) is 0 Å². The molecule has 0 unspecified atom stereocenters. The number of aliphatic hydroxyl groups excluding tert-OH is 1. The molecule has 4 nitrogen and oxygen atoms in total. The van der Waals surface area contributed by atoms with E-state index in [-0.39, 0.29) is 12.0 Å². The van der Waals surface area contributed by atoms with Crippen LogP contribution >= 0.6 is 0 Å². The van der Waals surface area contributed by atoms with E-state index in [1.165, 1.54) is 0 Å². The number of likely N-dealkylation sites (tertiary alicyclic amines) is 1. The van der Waals surface area contributed by atoms with Crippen molar-refractivity contribution in [1.82, 2.24) is 9.80 Å². The molecule has 1 amide bonds. The van der Waals surface area contributed by atoms with Crippen LogP contribution in [0.15, 0.2) is 0 Å². The molecule has 1 N–H and O–H groups in total. The smallest absolute Gasteiger partial charge is 0.222 e. The number of amides is 1. The topological polar surface area (TPSA) is 43.8 Å². The van der Waals surface area contributed by atoms with E-state index in [1.807, 2.05) is 18.7 Å². The van der Waals surface area contributed by atoms with Crippen molar-refractivity contribution in [3.8, 4) is 0 Å². The molecule has 100 valence electrons. The van der Waals surface area contributed by atoms with Crippen molar-refractivity contribution in [2.45, 2.75) is 45.6 Å². The predicted octanol–water partition coefficient (Wildman–Crippen LogP) is 1.09. The molecule has 0 aromatic rings. The van der Waals surface area contributed by atoms with Crippen LogP contribution in [-0.2, 0) is 4.79 Å². The van der Waals surface area contributed by atoms with E-state index in [9.17, 15) is 9.90 Å². The predicted molar refractivity (Wildman–Crippen MR) is 68.8 cm³/mol. The van der Waals surface area contributed by atoms with E-state index < -0.39 is 0 Å². The lowest BCUT2D eigenvalue weighted by Crippen LogP contribution is -2.39. The Bertz CT molecular complexity index is 229. The Kier molecular flexibility index (Phi) is 6.52. The minimum absolute atomic E-state index is 0.165. The Morgan fingerprint density at radius 3 is 2.71 bits per heavy atom.